The standard InChI is InChI=1S/C25H18ClNO5S/c26-19-3-1-2-17(10-19)13-27-24(28)23(33-25(27)29)12-16-4-7-20(8-5-16)30-14-18-6-9-21-22(11-18)32-15-31-21/h1-12H,13-15H2/b23-12-. The van der Waals surface area contributed by atoms with Gasteiger partial charge in [-0.05, 0) is 70.9 Å². The Balaban J connectivity index is 1.22. The Morgan fingerprint density at radius 3 is 2.61 bits per heavy atom. The molecule has 0 radical (unpaired) electrons. The summed E-state index contributed by atoms with van der Waals surface area (Å²) in [5, 5.41) is 0.269. The van der Waals surface area contributed by atoms with Gasteiger partial charge in [0, 0.05) is 5.02 Å². The zero-order chi connectivity index (χ0) is 22.8. The summed E-state index contributed by atoms with van der Waals surface area (Å²) >= 11 is 6.94. The van der Waals surface area contributed by atoms with Gasteiger partial charge in [-0.2, -0.15) is 0 Å². The SMILES string of the molecule is O=C1S/C(=C\c2ccc(OCc3ccc4c(c3)OCO4)cc2)C(=O)N1Cc1cccc(Cl)c1. The molecule has 33 heavy (non-hydrogen) atoms. The van der Waals surface area contributed by atoms with E-state index in [0.717, 1.165) is 40.0 Å². The lowest BCUT2D eigenvalue weighted by atomic mass is 10.2. The molecule has 2 heterocycles. The number of imide groups is 1. The van der Waals surface area contributed by atoms with Crippen LogP contribution in [-0.4, -0.2) is 22.8 Å². The van der Waals surface area contributed by atoms with Gasteiger partial charge in [-0.25, -0.2) is 0 Å². The van der Waals surface area contributed by atoms with Crippen molar-refractivity contribution in [1.82, 2.24) is 4.90 Å². The lowest BCUT2D eigenvalue weighted by Gasteiger charge is -2.12. The third-order valence-corrected chi connectivity index (χ3v) is 6.27. The van der Waals surface area contributed by atoms with Crippen molar-refractivity contribution in [2.24, 2.45) is 0 Å². The molecule has 0 spiro atoms. The number of amides is 2. The normalized spacial score (nSPS) is 16.0. The van der Waals surface area contributed by atoms with Crippen LogP contribution >= 0.6 is 23.4 Å². The average molecular weight is 480 g/mol. The molecule has 166 valence electrons. The van der Waals surface area contributed by atoms with Crippen LogP contribution in [0.3, 0.4) is 0 Å². The molecule has 0 N–H and O–H groups in total. The monoisotopic (exact) mass is 479 g/mol. The van der Waals surface area contributed by atoms with E-state index < -0.39 is 0 Å². The van der Waals surface area contributed by atoms with Crippen molar-refractivity contribution in [1.29, 1.82) is 0 Å². The number of ether oxygens (including phenoxy) is 3. The van der Waals surface area contributed by atoms with Gasteiger partial charge in [-0.3, -0.25) is 14.5 Å². The Bertz CT molecular complexity index is 1260. The van der Waals surface area contributed by atoms with Crippen LogP contribution in [0.1, 0.15) is 16.7 Å². The third-order valence-electron chi connectivity index (χ3n) is 5.12. The first-order chi connectivity index (χ1) is 16.0. The summed E-state index contributed by atoms with van der Waals surface area (Å²) in [4.78, 5) is 26.7. The largest absolute Gasteiger partial charge is 0.489 e. The second kappa shape index (κ2) is 9.21. The quantitative estimate of drug-likeness (QED) is 0.411. The molecule has 2 aliphatic rings. The number of carbonyl (C=O) groups excluding carboxylic acids is 2. The van der Waals surface area contributed by atoms with Crippen molar-refractivity contribution in [3.05, 3.63) is 93.3 Å². The highest BCUT2D eigenvalue weighted by Crippen LogP contribution is 2.34. The van der Waals surface area contributed by atoms with Crippen LogP contribution in [0.5, 0.6) is 17.2 Å². The minimum atomic E-state index is -0.312. The Morgan fingerprint density at radius 2 is 1.79 bits per heavy atom. The molecular weight excluding hydrogens is 462 g/mol. The van der Waals surface area contributed by atoms with E-state index in [1.807, 2.05) is 48.5 Å². The minimum Gasteiger partial charge on any atom is -0.489 e. The van der Waals surface area contributed by atoms with Gasteiger partial charge in [-0.1, -0.05) is 41.9 Å². The van der Waals surface area contributed by atoms with Crippen LogP contribution in [0.15, 0.2) is 71.6 Å². The number of benzene rings is 3. The number of hydrogen-bond acceptors (Lipinski definition) is 6. The molecule has 0 atom stereocenters. The van der Waals surface area contributed by atoms with Gasteiger partial charge in [0.1, 0.15) is 12.4 Å². The van der Waals surface area contributed by atoms with Gasteiger partial charge >= 0.3 is 0 Å². The smallest absolute Gasteiger partial charge is 0.293 e. The van der Waals surface area contributed by atoms with Crippen molar-refractivity contribution in [3.8, 4) is 17.2 Å². The zero-order valence-electron chi connectivity index (χ0n) is 17.3. The molecule has 1 saturated heterocycles. The number of rotatable bonds is 6. The predicted molar refractivity (Wildman–Crippen MR) is 126 cm³/mol. The summed E-state index contributed by atoms with van der Waals surface area (Å²) in [5.41, 5.74) is 2.57. The first-order valence-electron chi connectivity index (χ1n) is 10.2. The zero-order valence-corrected chi connectivity index (χ0v) is 18.9. The second-order valence-corrected chi connectivity index (χ2v) is 8.87. The maximum absolute atomic E-state index is 12.8. The lowest BCUT2D eigenvalue weighted by molar-refractivity contribution is -0.123. The van der Waals surface area contributed by atoms with Crippen LogP contribution in [0, 0.1) is 0 Å². The van der Waals surface area contributed by atoms with Crippen LogP contribution < -0.4 is 14.2 Å². The number of thioether (sulfide) groups is 1. The van der Waals surface area contributed by atoms with E-state index in [0.29, 0.717) is 22.3 Å². The molecule has 0 aliphatic carbocycles. The van der Waals surface area contributed by atoms with Gasteiger partial charge < -0.3 is 14.2 Å². The fourth-order valence-electron chi connectivity index (χ4n) is 3.46. The average Bonchev–Trinajstić information content (AvgIpc) is 3.38. The number of fused-ring (bicyclic) bond motifs is 1. The van der Waals surface area contributed by atoms with E-state index in [-0.39, 0.29) is 24.5 Å². The molecule has 5 rings (SSSR count). The van der Waals surface area contributed by atoms with E-state index >= 15 is 0 Å². The van der Waals surface area contributed by atoms with Crippen LogP contribution in [-0.2, 0) is 17.9 Å². The fourth-order valence-corrected chi connectivity index (χ4v) is 4.51. The first-order valence-corrected chi connectivity index (χ1v) is 11.4. The Kier molecular flexibility index (Phi) is 5.98. The highest BCUT2D eigenvalue weighted by molar-refractivity contribution is 8.18. The van der Waals surface area contributed by atoms with Gasteiger partial charge in [0.05, 0.1) is 11.4 Å². The maximum atomic E-state index is 12.8. The predicted octanol–water partition coefficient (Wildman–Crippen LogP) is 5.88. The van der Waals surface area contributed by atoms with Gasteiger partial charge in [0.15, 0.2) is 11.5 Å². The maximum Gasteiger partial charge on any atom is 0.293 e. The summed E-state index contributed by atoms with van der Waals surface area (Å²) in [5.74, 6) is 1.84. The molecule has 8 heteroatoms. The Hall–Kier alpha value is -3.42. The van der Waals surface area contributed by atoms with E-state index in [4.69, 9.17) is 25.8 Å². The highest BCUT2D eigenvalue weighted by Gasteiger charge is 2.35. The number of nitrogens with zero attached hydrogens (tertiary/aromatic N) is 1. The number of halogens is 1. The molecule has 0 unspecified atom stereocenters. The van der Waals surface area contributed by atoms with Gasteiger partial charge in [-0.15, -0.1) is 0 Å². The van der Waals surface area contributed by atoms with Crippen molar-refractivity contribution in [2.75, 3.05) is 6.79 Å². The van der Waals surface area contributed by atoms with E-state index in [1.165, 1.54) is 4.90 Å². The fraction of sp³-hybridized carbons (Fsp3) is 0.120. The van der Waals surface area contributed by atoms with E-state index in [9.17, 15) is 9.59 Å². The molecule has 0 saturated carbocycles. The lowest BCUT2D eigenvalue weighted by Crippen LogP contribution is -2.27. The molecule has 3 aromatic carbocycles. The van der Waals surface area contributed by atoms with Crippen molar-refractivity contribution in [3.63, 3.8) is 0 Å². The van der Waals surface area contributed by atoms with E-state index in [2.05, 4.69) is 0 Å². The molecule has 3 aromatic rings. The second-order valence-electron chi connectivity index (χ2n) is 7.44. The minimum absolute atomic E-state index is 0.190. The summed E-state index contributed by atoms with van der Waals surface area (Å²) in [6.45, 7) is 0.814. The highest BCUT2D eigenvalue weighted by atomic mass is 35.5. The van der Waals surface area contributed by atoms with Gasteiger partial charge in [0.2, 0.25) is 6.79 Å². The van der Waals surface area contributed by atoms with Gasteiger partial charge in [0.25, 0.3) is 11.1 Å². The Labute approximate surface area is 199 Å². The molecule has 1 fully saturated rings. The summed E-state index contributed by atoms with van der Waals surface area (Å²) < 4.78 is 16.5. The molecule has 2 amide bonds. The summed E-state index contributed by atoms with van der Waals surface area (Å²) in [7, 11) is 0. The third kappa shape index (κ3) is 4.84. The Morgan fingerprint density at radius 1 is 0.970 bits per heavy atom. The van der Waals surface area contributed by atoms with E-state index in [1.54, 1.807) is 24.3 Å². The molecule has 0 bridgehead atoms. The van der Waals surface area contributed by atoms with Crippen molar-refractivity contribution >= 4 is 40.6 Å². The molecule has 6 nitrogen and oxygen atoms in total. The van der Waals surface area contributed by atoms with Crippen molar-refractivity contribution < 1.29 is 23.8 Å². The first kappa shape index (κ1) is 21.4. The summed E-state index contributed by atoms with van der Waals surface area (Å²) in [6, 6.07) is 20.2. The van der Waals surface area contributed by atoms with Crippen LogP contribution in [0.2, 0.25) is 5.02 Å². The number of carbonyl (C=O) groups is 2. The van der Waals surface area contributed by atoms with Crippen LogP contribution in [0.25, 0.3) is 6.08 Å². The van der Waals surface area contributed by atoms with Crippen LogP contribution in [0.4, 0.5) is 4.79 Å². The van der Waals surface area contributed by atoms with Crippen molar-refractivity contribution in [2.45, 2.75) is 13.2 Å². The molecule has 0 aromatic heterocycles. The number of hydrogen-bond donors (Lipinski definition) is 0. The molecule has 2 aliphatic heterocycles. The topological polar surface area (TPSA) is 65.1 Å². The summed E-state index contributed by atoms with van der Waals surface area (Å²) in [6.07, 6.45) is 1.71. The molecular formula is C25H18ClNO5S.